The molecule has 1 spiro atoms. The number of hydrogen-bond donors (Lipinski definition) is 0. The van der Waals surface area contributed by atoms with Crippen LogP contribution in [0, 0.1) is 5.41 Å². The Kier molecular flexibility index (Phi) is 4.55. The second kappa shape index (κ2) is 7.41. The van der Waals surface area contributed by atoms with E-state index in [2.05, 4.69) is 32.1 Å². The molecule has 6 heteroatoms. The zero-order valence-electron chi connectivity index (χ0n) is 17.6. The van der Waals surface area contributed by atoms with E-state index in [9.17, 15) is 0 Å². The van der Waals surface area contributed by atoms with Gasteiger partial charge in [-0.1, -0.05) is 6.42 Å². The molecule has 0 N–H and O–H groups in total. The van der Waals surface area contributed by atoms with Crippen LogP contribution in [0.2, 0.25) is 0 Å². The second-order valence-corrected chi connectivity index (χ2v) is 9.45. The van der Waals surface area contributed by atoms with Crippen molar-refractivity contribution in [2.45, 2.75) is 51.0 Å². The minimum atomic E-state index is 0.290. The number of ether oxygens (including phenoxy) is 2. The first kappa shape index (κ1) is 18.4. The molecule has 3 fully saturated rings. The lowest BCUT2D eigenvalue weighted by Gasteiger charge is -2.50. The molecule has 3 aliphatic heterocycles. The largest absolute Gasteiger partial charge is 0.454 e. The summed E-state index contributed by atoms with van der Waals surface area (Å²) in [6.45, 7) is 5.12. The number of nitrogens with zero attached hydrogens (tertiary/aromatic N) is 4. The first-order valence-electron chi connectivity index (χ1n) is 11.5. The van der Waals surface area contributed by atoms with Crippen LogP contribution in [0.15, 0.2) is 30.3 Å². The van der Waals surface area contributed by atoms with E-state index in [-0.39, 0.29) is 0 Å². The topological polar surface area (TPSA) is 50.7 Å². The van der Waals surface area contributed by atoms with E-state index in [0.29, 0.717) is 12.2 Å². The molecular weight excluding hydrogens is 376 g/mol. The quantitative estimate of drug-likeness (QED) is 0.765. The van der Waals surface area contributed by atoms with E-state index in [0.717, 1.165) is 47.7 Å². The lowest BCUT2D eigenvalue weighted by molar-refractivity contribution is 0.0305. The van der Waals surface area contributed by atoms with E-state index < -0.39 is 0 Å². The highest BCUT2D eigenvalue weighted by atomic mass is 16.7. The van der Waals surface area contributed by atoms with Crippen molar-refractivity contribution >= 4 is 5.82 Å². The first-order valence-corrected chi connectivity index (χ1v) is 11.5. The predicted octanol–water partition coefficient (Wildman–Crippen LogP) is 4.11. The summed E-state index contributed by atoms with van der Waals surface area (Å²) in [6.07, 6.45) is 9.64. The minimum absolute atomic E-state index is 0.290. The van der Waals surface area contributed by atoms with Crippen LogP contribution in [0.3, 0.4) is 0 Å². The molecule has 158 valence electrons. The molecule has 4 aliphatic rings. The Morgan fingerprint density at radius 1 is 0.833 bits per heavy atom. The van der Waals surface area contributed by atoms with E-state index in [4.69, 9.17) is 9.47 Å². The Balaban J connectivity index is 1.08. The van der Waals surface area contributed by atoms with Crippen molar-refractivity contribution in [1.82, 2.24) is 15.1 Å². The van der Waals surface area contributed by atoms with Crippen LogP contribution in [0.1, 0.15) is 44.9 Å². The van der Waals surface area contributed by atoms with Gasteiger partial charge >= 0.3 is 0 Å². The van der Waals surface area contributed by atoms with Crippen molar-refractivity contribution in [2.24, 2.45) is 5.41 Å². The van der Waals surface area contributed by atoms with Gasteiger partial charge in [0.15, 0.2) is 17.3 Å². The zero-order valence-corrected chi connectivity index (χ0v) is 17.6. The van der Waals surface area contributed by atoms with Crippen molar-refractivity contribution in [3.8, 4) is 22.8 Å². The molecule has 30 heavy (non-hydrogen) atoms. The van der Waals surface area contributed by atoms with E-state index in [1.807, 2.05) is 18.2 Å². The van der Waals surface area contributed by atoms with Gasteiger partial charge in [0.25, 0.3) is 0 Å². The van der Waals surface area contributed by atoms with Gasteiger partial charge in [-0.15, -0.1) is 10.2 Å². The molecule has 4 heterocycles. The van der Waals surface area contributed by atoms with Crippen LogP contribution < -0.4 is 14.4 Å². The van der Waals surface area contributed by atoms with Crippen molar-refractivity contribution in [3.63, 3.8) is 0 Å². The molecule has 0 atom stereocenters. The average Bonchev–Trinajstić information content (AvgIpc) is 3.23. The third kappa shape index (κ3) is 3.31. The lowest BCUT2D eigenvalue weighted by Crippen LogP contribution is -2.51. The zero-order chi connectivity index (χ0) is 20.0. The summed E-state index contributed by atoms with van der Waals surface area (Å²) in [6, 6.07) is 11.0. The van der Waals surface area contributed by atoms with Gasteiger partial charge in [-0.2, -0.15) is 0 Å². The predicted molar refractivity (Wildman–Crippen MR) is 116 cm³/mol. The van der Waals surface area contributed by atoms with E-state index in [1.54, 1.807) is 0 Å². The van der Waals surface area contributed by atoms with Crippen LogP contribution >= 0.6 is 0 Å². The molecule has 1 saturated carbocycles. The molecule has 6 rings (SSSR count). The molecule has 1 aromatic carbocycles. The lowest BCUT2D eigenvalue weighted by atomic mass is 9.70. The van der Waals surface area contributed by atoms with Crippen LogP contribution in [-0.4, -0.2) is 54.1 Å². The smallest absolute Gasteiger partial charge is 0.231 e. The van der Waals surface area contributed by atoms with Crippen molar-refractivity contribution < 1.29 is 9.47 Å². The molecular formula is C24H30N4O2. The summed E-state index contributed by atoms with van der Waals surface area (Å²) >= 11 is 0. The number of piperidine rings is 2. The molecule has 2 saturated heterocycles. The van der Waals surface area contributed by atoms with Crippen LogP contribution in [-0.2, 0) is 0 Å². The molecule has 0 radical (unpaired) electrons. The van der Waals surface area contributed by atoms with Gasteiger partial charge in [-0.3, -0.25) is 0 Å². The first-order chi connectivity index (χ1) is 14.8. The van der Waals surface area contributed by atoms with Gasteiger partial charge in [-0.25, -0.2) is 0 Å². The fourth-order valence-corrected chi connectivity index (χ4v) is 5.53. The van der Waals surface area contributed by atoms with E-state index >= 15 is 0 Å². The normalized spacial score (nSPS) is 23.5. The van der Waals surface area contributed by atoms with Crippen molar-refractivity contribution in [2.75, 3.05) is 37.9 Å². The molecule has 2 aromatic rings. The highest BCUT2D eigenvalue weighted by Crippen LogP contribution is 2.43. The van der Waals surface area contributed by atoms with Gasteiger partial charge < -0.3 is 19.3 Å². The number of anilines is 1. The summed E-state index contributed by atoms with van der Waals surface area (Å²) in [5.41, 5.74) is 2.44. The SMILES string of the molecule is c1cc2c(cc1-c1ccc(N3CCC4(CC3)CCN(C3CCC3)CC4)nn1)OCO2. The Morgan fingerprint density at radius 3 is 2.30 bits per heavy atom. The minimum Gasteiger partial charge on any atom is -0.454 e. The number of fused-ring (bicyclic) bond motifs is 1. The van der Waals surface area contributed by atoms with Gasteiger partial charge in [0.05, 0.1) is 5.69 Å². The molecule has 0 amide bonds. The Bertz CT molecular complexity index is 894. The number of aromatic nitrogens is 2. The summed E-state index contributed by atoms with van der Waals surface area (Å²) in [4.78, 5) is 5.18. The maximum atomic E-state index is 5.48. The summed E-state index contributed by atoms with van der Waals surface area (Å²) in [5, 5.41) is 9.06. The molecule has 6 nitrogen and oxygen atoms in total. The van der Waals surface area contributed by atoms with Gasteiger partial charge in [0, 0.05) is 24.7 Å². The fraction of sp³-hybridized carbons (Fsp3) is 0.583. The highest BCUT2D eigenvalue weighted by molar-refractivity contribution is 5.64. The molecule has 0 unspecified atom stereocenters. The van der Waals surface area contributed by atoms with Gasteiger partial charge in [0.2, 0.25) is 6.79 Å². The van der Waals surface area contributed by atoms with E-state index in [1.165, 1.54) is 58.0 Å². The number of likely N-dealkylation sites (tertiary alicyclic amines) is 1. The van der Waals surface area contributed by atoms with Crippen LogP contribution in [0.25, 0.3) is 11.3 Å². The maximum Gasteiger partial charge on any atom is 0.231 e. The summed E-state index contributed by atoms with van der Waals surface area (Å²) in [7, 11) is 0. The molecule has 1 aliphatic carbocycles. The van der Waals surface area contributed by atoms with Crippen molar-refractivity contribution in [1.29, 1.82) is 0 Å². The Morgan fingerprint density at radius 2 is 1.60 bits per heavy atom. The van der Waals surface area contributed by atoms with Crippen LogP contribution in [0.4, 0.5) is 5.82 Å². The summed E-state index contributed by atoms with van der Waals surface area (Å²) < 4.78 is 10.9. The Labute approximate surface area is 178 Å². The van der Waals surface area contributed by atoms with Gasteiger partial charge in [-0.05, 0) is 87.4 Å². The molecule has 1 aromatic heterocycles. The Hall–Kier alpha value is -2.34. The number of rotatable bonds is 3. The van der Waals surface area contributed by atoms with Crippen molar-refractivity contribution in [3.05, 3.63) is 30.3 Å². The third-order valence-electron chi connectivity index (χ3n) is 7.92. The average molecular weight is 407 g/mol. The number of benzene rings is 1. The standard InChI is InChI=1S/C24H30N4O2/c1-2-19(3-1)27-12-8-24(9-13-27)10-14-28(15-11-24)23-7-5-20(25-26-23)18-4-6-21-22(16-18)30-17-29-21/h4-7,16,19H,1-3,8-15,17H2. The monoisotopic (exact) mass is 406 g/mol. The third-order valence-corrected chi connectivity index (χ3v) is 7.92. The second-order valence-electron chi connectivity index (χ2n) is 9.45. The van der Waals surface area contributed by atoms with Gasteiger partial charge in [0.1, 0.15) is 0 Å². The summed E-state index contributed by atoms with van der Waals surface area (Å²) in [5.74, 6) is 2.58. The number of hydrogen-bond acceptors (Lipinski definition) is 6. The van der Waals surface area contributed by atoms with Crippen LogP contribution in [0.5, 0.6) is 11.5 Å². The fourth-order valence-electron chi connectivity index (χ4n) is 5.53. The highest BCUT2D eigenvalue weighted by Gasteiger charge is 2.39. The molecule has 0 bridgehead atoms. The maximum absolute atomic E-state index is 5.48.